The summed E-state index contributed by atoms with van der Waals surface area (Å²) >= 11 is 15.1. The van der Waals surface area contributed by atoms with Gasteiger partial charge in [-0.05, 0) is 34.1 Å². The standard InChI is InChI=1S/C13H7BrCl2N2O2/c14-11-6-10(18(19)20)3-4-13(11)17-7-8-1-2-9(15)5-12(8)16/h1-7H. The molecule has 0 unspecified atom stereocenters. The van der Waals surface area contributed by atoms with Crippen LogP contribution in [0.1, 0.15) is 5.56 Å². The molecular formula is C13H7BrCl2N2O2. The molecule has 2 aromatic carbocycles. The van der Waals surface area contributed by atoms with Gasteiger partial charge >= 0.3 is 0 Å². The summed E-state index contributed by atoms with van der Waals surface area (Å²) < 4.78 is 0.535. The van der Waals surface area contributed by atoms with Gasteiger partial charge in [0, 0.05) is 33.4 Å². The van der Waals surface area contributed by atoms with Crippen LogP contribution in [0.4, 0.5) is 11.4 Å². The molecule has 0 saturated carbocycles. The number of benzene rings is 2. The van der Waals surface area contributed by atoms with E-state index in [1.807, 2.05) is 0 Å². The minimum atomic E-state index is -0.464. The molecule has 0 spiro atoms. The van der Waals surface area contributed by atoms with Crippen LogP contribution in [0.25, 0.3) is 0 Å². The smallest absolute Gasteiger partial charge is 0.258 e. The zero-order valence-corrected chi connectivity index (χ0v) is 13.0. The molecule has 20 heavy (non-hydrogen) atoms. The lowest BCUT2D eigenvalue weighted by Gasteiger charge is -2.00. The highest BCUT2D eigenvalue weighted by Crippen LogP contribution is 2.29. The van der Waals surface area contributed by atoms with E-state index in [2.05, 4.69) is 20.9 Å². The summed E-state index contributed by atoms with van der Waals surface area (Å²) in [4.78, 5) is 14.4. The lowest BCUT2D eigenvalue weighted by Crippen LogP contribution is -1.87. The minimum Gasteiger partial charge on any atom is -0.258 e. The molecule has 0 aliphatic carbocycles. The second-order valence-electron chi connectivity index (χ2n) is 3.82. The first-order valence-electron chi connectivity index (χ1n) is 5.40. The van der Waals surface area contributed by atoms with Gasteiger partial charge < -0.3 is 0 Å². The van der Waals surface area contributed by atoms with E-state index in [0.717, 1.165) is 0 Å². The molecule has 0 amide bonds. The molecule has 0 fully saturated rings. The van der Waals surface area contributed by atoms with Gasteiger partial charge in [0.05, 0.1) is 15.6 Å². The molecule has 0 heterocycles. The lowest BCUT2D eigenvalue weighted by atomic mass is 10.2. The van der Waals surface area contributed by atoms with E-state index in [-0.39, 0.29) is 5.69 Å². The van der Waals surface area contributed by atoms with Crippen molar-refractivity contribution < 1.29 is 4.92 Å². The third-order valence-corrected chi connectivity index (χ3v) is 3.64. The van der Waals surface area contributed by atoms with E-state index in [0.29, 0.717) is 25.8 Å². The van der Waals surface area contributed by atoms with Gasteiger partial charge in [0.1, 0.15) is 0 Å². The van der Waals surface area contributed by atoms with Crippen LogP contribution in [-0.4, -0.2) is 11.1 Å². The quantitative estimate of drug-likeness (QED) is 0.410. The third kappa shape index (κ3) is 3.56. The molecule has 0 aliphatic heterocycles. The molecule has 0 radical (unpaired) electrons. The molecule has 2 aromatic rings. The SMILES string of the molecule is O=[N+]([O-])c1ccc(N=Cc2ccc(Cl)cc2Cl)c(Br)c1. The van der Waals surface area contributed by atoms with Crippen molar-refractivity contribution in [2.45, 2.75) is 0 Å². The molecule has 0 aromatic heterocycles. The van der Waals surface area contributed by atoms with Crippen LogP contribution < -0.4 is 0 Å². The molecule has 102 valence electrons. The van der Waals surface area contributed by atoms with Gasteiger partial charge in [0.15, 0.2) is 0 Å². The monoisotopic (exact) mass is 372 g/mol. The molecule has 0 atom stereocenters. The molecular weight excluding hydrogens is 367 g/mol. The van der Waals surface area contributed by atoms with Gasteiger partial charge in [-0.2, -0.15) is 0 Å². The van der Waals surface area contributed by atoms with E-state index < -0.39 is 4.92 Å². The third-order valence-electron chi connectivity index (χ3n) is 2.45. The van der Waals surface area contributed by atoms with Gasteiger partial charge in [-0.25, -0.2) is 0 Å². The molecule has 0 N–H and O–H groups in total. The second-order valence-corrected chi connectivity index (χ2v) is 5.51. The second kappa shape index (κ2) is 6.35. The fourth-order valence-electron chi connectivity index (χ4n) is 1.46. The number of hydrogen-bond acceptors (Lipinski definition) is 3. The maximum Gasteiger partial charge on any atom is 0.270 e. The Morgan fingerprint density at radius 3 is 2.55 bits per heavy atom. The van der Waals surface area contributed by atoms with Crippen LogP contribution >= 0.6 is 39.1 Å². The fraction of sp³-hybridized carbons (Fsp3) is 0. The van der Waals surface area contributed by atoms with E-state index >= 15 is 0 Å². The Morgan fingerprint density at radius 1 is 1.20 bits per heavy atom. The summed E-state index contributed by atoms with van der Waals surface area (Å²) in [7, 11) is 0. The van der Waals surface area contributed by atoms with Crippen molar-refractivity contribution in [3.05, 3.63) is 66.6 Å². The Kier molecular flexibility index (Phi) is 4.75. The first-order chi connectivity index (χ1) is 9.47. The maximum atomic E-state index is 10.6. The summed E-state index contributed by atoms with van der Waals surface area (Å²) in [6.45, 7) is 0. The molecule has 0 bridgehead atoms. The summed E-state index contributed by atoms with van der Waals surface area (Å²) in [5, 5.41) is 11.7. The van der Waals surface area contributed by atoms with E-state index in [1.54, 1.807) is 30.5 Å². The average Bonchev–Trinajstić information content (AvgIpc) is 2.38. The zero-order valence-electron chi connectivity index (χ0n) is 9.89. The average molecular weight is 374 g/mol. The van der Waals surface area contributed by atoms with E-state index in [1.165, 1.54) is 12.1 Å². The Hall–Kier alpha value is -1.43. The van der Waals surface area contributed by atoms with E-state index in [9.17, 15) is 10.1 Å². The number of halogens is 3. The molecule has 7 heteroatoms. The fourth-order valence-corrected chi connectivity index (χ4v) is 2.39. The first-order valence-corrected chi connectivity index (χ1v) is 6.95. The normalized spacial score (nSPS) is 10.9. The number of hydrogen-bond donors (Lipinski definition) is 0. The van der Waals surface area contributed by atoms with Gasteiger partial charge in [-0.1, -0.05) is 29.3 Å². The summed E-state index contributed by atoms with van der Waals surface area (Å²) in [6.07, 6.45) is 1.57. The van der Waals surface area contributed by atoms with Crippen molar-refractivity contribution in [1.82, 2.24) is 0 Å². The summed E-state index contributed by atoms with van der Waals surface area (Å²) in [5.74, 6) is 0. The Morgan fingerprint density at radius 2 is 1.95 bits per heavy atom. The van der Waals surface area contributed by atoms with Crippen LogP contribution in [0.3, 0.4) is 0 Å². The number of rotatable bonds is 3. The summed E-state index contributed by atoms with van der Waals surface area (Å²) in [5.41, 5.74) is 1.28. The highest BCUT2D eigenvalue weighted by Gasteiger charge is 2.08. The van der Waals surface area contributed by atoms with Gasteiger partial charge in [0.25, 0.3) is 5.69 Å². The number of nitro groups is 1. The predicted molar refractivity (Wildman–Crippen MR) is 84.5 cm³/mol. The number of non-ortho nitro benzene ring substituents is 1. The van der Waals surface area contributed by atoms with Crippen molar-refractivity contribution in [2.24, 2.45) is 4.99 Å². The number of nitro benzene ring substituents is 1. The van der Waals surface area contributed by atoms with Crippen molar-refractivity contribution in [2.75, 3.05) is 0 Å². The molecule has 4 nitrogen and oxygen atoms in total. The van der Waals surface area contributed by atoms with Crippen molar-refractivity contribution in [3.8, 4) is 0 Å². The van der Waals surface area contributed by atoms with Gasteiger partial charge in [-0.3, -0.25) is 15.1 Å². The largest absolute Gasteiger partial charge is 0.270 e. The van der Waals surface area contributed by atoms with Crippen molar-refractivity contribution in [3.63, 3.8) is 0 Å². The van der Waals surface area contributed by atoms with Crippen molar-refractivity contribution in [1.29, 1.82) is 0 Å². The summed E-state index contributed by atoms with van der Waals surface area (Å²) in [6, 6.07) is 9.42. The zero-order chi connectivity index (χ0) is 14.7. The number of nitrogens with zero attached hydrogens (tertiary/aromatic N) is 2. The van der Waals surface area contributed by atoms with E-state index in [4.69, 9.17) is 23.2 Å². The topological polar surface area (TPSA) is 55.5 Å². The van der Waals surface area contributed by atoms with Gasteiger partial charge in [-0.15, -0.1) is 0 Å². The lowest BCUT2D eigenvalue weighted by molar-refractivity contribution is -0.384. The maximum absolute atomic E-state index is 10.6. The van der Waals surface area contributed by atoms with Crippen LogP contribution in [0.5, 0.6) is 0 Å². The van der Waals surface area contributed by atoms with Crippen LogP contribution in [0.15, 0.2) is 45.9 Å². The highest BCUT2D eigenvalue weighted by atomic mass is 79.9. The molecule has 0 aliphatic rings. The Bertz CT molecular complexity index is 705. The molecule has 0 saturated heterocycles. The Labute approximate surface area is 133 Å². The van der Waals surface area contributed by atoms with Crippen LogP contribution in [0, 0.1) is 10.1 Å². The van der Waals surface area contributed by atoms with Crippen molar-refractivity contribution >= 4 is 56.7 Å². The van der Waals surface area contributed by atoms with Crippen LogP contribution in [0.2, 0.25) is 10.0 Å². The Balaban J connectivity index is 2.29. The minimum absolute atomic E-state index is 0.000324. The molecule has 2 rings (SSSR count). The first kappa shape index (κ1) is 15.0. The predicted octanol–water partition coefficient (Wildman–Crippen LogP) is 5.41. The highest BCUT2D eigenvalue weighted by molar-refractivity contribution is 9.10. The number of aliphatic imine (C=N–C) groups is 1. The van der Waals surface area contributed by atoms with Gasteiger partial charge in [0.2, 0.25) is 0 Å². The van der Waals surface area contributed by atoms with Crippen LogP contribution in [-0.2, 0) is 0 Å².